The molecule has 1 N–H and O–H groups in total. The second-order valence-electron chi connectivity index (χ2n) is 31.8. The number of carbonyl (C=O) groups excluding carboxylic acids is 6. The number of anilines is 6. The van der Waals surface area contributed by atoms with E-state index in [2.05, 4.69) is 104 Å². The minimum atomic E-state index is -1.00. The second-order valence-corrected chi connectivity index (χ2v) is 39.8. The molecule has 12 rings (SSSR count). The van der Waals surface area contributed by atoms with E-state index >= 15 is 0 Å². The summed E-state index contributed by atoms with van der Waals surface area (Å²) in [6.45, 7) is 32.7. The number of hydrogen-bond acceptors (Lipinski definition) is 30. The Labute approximate surface area is 822 Å². The Bertz CT molecular complexity index is 5020. The number of nitrogens with zero attached hydrogens (tertiary/aromatic N) is 17. The summed E-state index contributed by atoms with van der Waals surface area (Å²) >= 11 is 19.7. The molecule has 0 saturated heterocycles. The number of carbonyl (C=O) groups is 6. The Hall–Kier alpha value is -10.3. The monoisotopic (exact) mass is 2120 g/mol. The molecule has 12 aromatic rings. The van der Waals surface area contributed by atoms with E-state index in [4.69, 9.17) is 41.4 Å². The van der Waals surface area contributed by atoms with Gasteiger partial charge in [0.25, 0.3) is 0 Å². The number of aromatic nitrogens is 12. The van der Waals surface area contributed by atoms with E-state index in [1.165, 1.54) is 83.3 Å². The standard InChI is InChI=1S/C14H16BrN3O2S.C14H16ClN3O2S.C14H16FN3O2S.C14H16IN3O2S.C14H17N3O2S.C13H15N3O2S.CH3F.6CH4/c4*1-14(2,3)20-13(19)18(4)12-10(15)17-11(21-12)9-6-5-7-16-8-9;1-14(2,3)19-13(18)17(4)11-9-16-12(20-11)10-6-5-7-15-8-10;1-13(2,3)18-12(17)16-10-8-15-11(19-10)9-5-4-6-14-7-9;1-2;;;;;;/h4*5-8H,1-4H3;5-9H,1-4H3;4-8H,1-3H3,(H,16,17);1H3;6*1H4/i;;;;;;1D;;;;;;. The van der Waals surface area contributed by atoms with Gasteiger partial charge in [-0.05, 0) is 236 Å². The lowest BCUT2D eigenvalue weighted by atomic mass is 10.2. The fourth-order valence-corrected chi connectivity index (χ4v) is 16.4. The maximum Gasteiger partial charge on any atom is 0.415 e. The highest BCUT2D eigenvalue weighted by atomic mass is 127. The van der Waals surface area contributed by atoms with Crippen LogP contribution in [0.15, 0.2) is 164 Å². The Morgan fingerprint density at radius 3 is 1.01 bits per heavy atom. The molecule has 0 saturated carbocycles. The van der Waals surface area contributed by atoms with E-state index in [0.717, 1.165) is 77.8 Å². The fourth-order valence-electron chi connectivity index (χ4n) is 8.93. The van der Waals surface area contributed by atoms with Gasteiger partial charge in [-0.2, -0.15) is 4.39 Å². The van der Waals surface area contributed by atoms with Gasteiger partial charge in [-0.3, -0.25) is 64.1 Å². The average molecular weight is 2120 g/mol. The second kappa shape index (κ2) is 54.6. The molecule has 0 unspecified atom stereocenters. The van der Waals surface area contributed by atoms with Crippen molar-refractivity contribution in [2.24, 2.45) is 0 Å². The van der Waals surface area contributed by atoms with Gasteiger partial charge in [-0.25, -0.2) is 58.7 Å². The van der Waals surface area contributed by atoms with Crippen molar-refractivity contribution in [3.8, 4) is 63.4 Å². The van der Waals surface area contributed by atoms with Crippen molar-refractivity contribution >= 4 is 185 Å². The molecule has 0 fully saturated rings. The number of amides is 6. The number of nitrogens with one attached hydrogen (secondary N) is 1. The smallest absolute Gasteiger partial charge is 0.415 e. The first-order chi connectivity index (χ1) is 58.8. The molecule has 131 heavy (non-hydrogen) atoms. The first kappa shape index (κ1) is 119. The van der Waals surface area contributed by atoms with E-state index < -0.39 is 71.1 Å². The Balaban J connectivity index is 0.00000154. The van der Waals surface area contributed by atoms with E-state index in [1.807, 2.05) is 165 Å². The van der Waals surface area contributed by atoms with Crippen molar-refractivity contribution in [1.82, 2.24) is 59.8 Å². The first-order valence-electron chi connectivity index (χ1n) is 38.2. The predicted octanol–water partition coefficient (Wildman–Crippen LogP) is 28.0. The van der Waals surface area contributed by atoms with Gasteiger partial charge in [-0.1, -0.05) is 124 Å². The third kappa shape index (κ3) is 40.7. The molecule has 0 aliphatic rings. The minimum absolute atomic E-state index is 0. The van der Waals surface area contributed by atoms with Crippen LogP contribution in [0.5, 0.6) is 0 Å². The number of pyridine rings is 6. The van der Waals surface area contributed by atoms with E-state index in [0.29, 0.717) is 35.2 Å². The summed E-state index contributed by atoms with van der Waals surface area (Å²) < 4.78 is 62.6. The molecule has 12 aromatic heterocycles. The number of alkyl halides is 1. The Morgan fingerprint density at radius 1 is 0.382 bits per heavy atom. The molecular formula is C90H123BrClF2IN18O12S6. The van der Waals surface area contributed by atoms with Gasteiger partial charge in [0.15, 0.2) is 10.2 Å². The molecule has 41 heteroatoms. The topological polar surface area (TPSA) is 341 Å². The highest BCUT2D eigenvalue weighted by molar-refractivity contribution is 14.1. The van der Waals surface area contributed by atoms with Crippen LogP contribution in [0.25, 0.3) is 63.4 Å². The van der Waals surface area contributed by atoms with Crippen LogP contribution in [0.3, 0.4) is 0 Å². The lowest BCUT2D eigenvalue weighted by molar-refractivity contribution is 0.0578. The molecule has 0 aromatic carbocycles. The Kier molecular flexibility index (Phi) is 49.5. The average Bonchev–Trinajstić information content (AvgIpc) is 1.72. The summed E-state index contributed by atoms with van der Waals surface area (Å²) in [7, 11) is 7.10. The maximum atomic E-state index is 14.0. The third-order valence-electron chi connectivity index (χ3n) is 14.2. The van der Waals surface area contributed by atoms with Crippen molar-refractivity contribution in [2.75, 3.05) is 72.2 Å². The van der Waals surface area contributed by atoms with Gasteiger partial charge in [-0.15, -0.1) is 0 Å². The van der Waals surface area contributed by atoms with Crippen LogP contribution in [-0.4, -0.2) is 172 Å². The third-order valence-corrected chi connectivity index (χ3v) is 23.3. The van der Waals surface area contributed by atoms with Gasteiger partial charge in [0.2, 0.25) is 5.95 Å². The van der Waals surface area contributed by atoms with Crippen LogP contribution >= 0.6 is 118 Å². The molecule has 0 aliphatic carbocycles. The number of hydrogen-bond donors (Lipinski definition) is 1. The van der Waals surface area contributed by atoms with Crippen molar-refractivity contribution in [3.05, 3.63) is 179 Å². The van der Waals surface area contributed by atoms with Crippen LogP contribution < -0.4 is 29.8 Å². The van der Waals surface area contributed by atoms with Crippen molar-refractivity contribution in [2.45, 2.75) is 203 Å². The molecule has 0 radical (unpaired) electrons. The summed E-state index contributed by atoms with van der Waals surface area (Å²) in [5.74, 6) is -0.702. The van der Waals surface area contributed by atoms with Crippen LogP contribution in [-0.2, 0) is 28.4 Å². The highest BCUT2D eigenvalue weighted by Gasteiger charge is 2.31. The molecule has 12 heterocycles. The normalized spacial score (nSPS) is 10.7. The van der Waals surface area contributed by atoms with Gasteiger partial charge >= 0.3 is 36.6 Å². The van der Waals surface area contributed by atoms with Crippen molar-refractivity contribution in [1.29, 1.82) is 0 Å². The SMILES string of the molecule is C.C.C.C.C.C.CC(C)(C)OC(=O)Nc1cnc(-c2cccnc2)s1.CN(C(=O)OC(C)(C)C)c1cnc(-c2cccnc2)s1.CN(C(=O)OC(C)(C)C)c1sc(-c2cccnc2)nc1Br.CN(C(=O)OC(C)(C)C)c1sc(-c2cccnc2)nc1Cl.CN(C(=O)OC(C)(C)C)c1sc(-c2cccnc2)nc1F.CN(C(=O)OC(C)(C)C)c1sc(-c2cccnc2)nc1I.[2H]CF. The minimum Gasteiger partial charge on any atom is -0.444 e. The summed E-state index contributed by atoms with van der Waals surface area (Å²) in [4.78, 5) is 129. The van der Waals surface area contributed by atoms with Gasteiger partial charge in [0.1, 0.15) is 97.0 Å². The van der Waals surface area contributed by atoms with Crippen LogP contribution in [0.4, 0.5) is 67.6 Å². The zero-order valence-electron chi connectivity index (χ0n) is 74.1. The summed E-state index contributed by atoms with van der Waals surface area (Å²) in [6.07, 6.45) is 20.9. The fraction of sp³-hybridized carbons (Fsp3) is 0.400. The van der Waals surface area contributed by atoms with Crippen LogP contribution in [0.1, 0.15) is 171 Å². The van der Waals surface area contributed by atoms with Crippen molar-refractivity contribution in [3.63, 3.8) is 0 Å². The number of halogens is 5. The molecule has 30 nitrogen and oxygen atoms in total. The quantitative estimate of drug-likeness (QED) is 0.0877. The lowest BCUT2D eigenvalue weighted by Crippen LogP contribution is -2.34. The molecular weight excluding hydrogens is 2000 g/mol. The molecule has 0 bridgehead atoms. The largest absolute Gasteiger partial charge is 0.444 e. The molecule has 0 aliphatic heterocycles. The summed E-state index contributed by atoms with van der Waals surface area (Å²) in [5, 5.41) is 10.9. The Morgan fingerprint density at radius 2 is 0.656 bits per heavy atom. The summed E-state index contributed by atoms with van der Waals surface area (Å²) in [6, 6.07) is 22.4. The molecule has 0 atom stereocenters. The van der Waals surface area contributed by atoms with E-state index in [9.17, 15) is 37.5 Å². The first-order valence-corrected chi connectivity index (χ1v) is 44.7. The van der Waals surface area contributed by atoms with E-state index in [-0.39, 0.29) is 66.9 Å². The predicted molar refractivity (Wildman–Crippen MR) is 548 cm³/mol. The molecule has 6 amide bonds. The number of thiazole rings is 6. The van der Waals surface area contributed by atoms with Gasteiger partial charge in [0, 0.05) is 143 Å². The van der Waals surface area contributed by atoms with Crippen LogP contribution in [0.2, 0.25) is 5.15 Å². The highest BCUT2D eigenvalue weighted by Crippen LogP contribution is 2.41. The van der Waals surface area contributed by atoms with Crippen molar-refractivity contribution < 1.29 is 67.3 Å². The molecule has 0 spiro atoms. The number of rotatable bonds is 12. The van der Waals surface area contributed by atoms with E-state index in [1.54, 1.807) is 148 Å². The van der Waals surface area contributed by atoms with Gasteiger partial charge < -0.3 is 28.4 Å². The zero-order chi connectivity index (χ0) is 93.8. The van der Waals surface area contributed by atoms with Gasteiger partial charge in [0.05, 0.1) is 20.9 Å². The zero-order valence-corrected chi connectivity index (χ0v) is 82.5. The lowest BCUT2D eigenvalue weighted by Gasteiger charge is -2.23. The van der Waals surface area contributed by atoms with Crippen LogP contribution in [0, 0.1) is 9.65 Å². The molecule has 716 valence electrons. The maximum absolute atomic E-state index is 14.0. The summed E-state index contributed by atoms with van der Waals surface area (Å²) in [5.41, 5.74) is 1.97. The number of ether oxygens (including phenoxy) is 6.